The molecule has 2 atom stereocenters. The van der Waals surface area contributed by atoms with Gasteiger partial charge in [0.15, 0.2) is 0 Å². The van der Waals surface area contributed by atoms with Crippen molar-refractivity contribution in [2.45, 2.75) is 50.8 Å². The van der Waals surface area contributed by atoms with Crippen LogP contribution in [-0.2, 0) is 0 Å². The van der Waals surface area contributed by atoms with E-state index in [1.807, 2.05) is 13.0 Å². The number of piperidine rings is 1. The van der Waals surface area contributed by atoms with Crippen LogP contribution in [0.4, 0.5) is 5.82 Å². The third-order valence-electron chi connectivity index (χ3n) is 3.77. The van der Waals surface area contributed by atoms with Crippen molar-refractivity contribution < 1.29 is 5.11 Å². The molecule has 0 spiro atoms. The van der Waals surface area contributed by atoms with Gasteiger partial charge in [-0.05, 0) is 32.6 Å². The first-order valence-electron chi connectivity index (χ1n) is 6.11. The summed E-state index contributed by atoms with van der Waals surface area (Å²) in [5.74, 6) is 1.62. The van der Waals surface area contributed by atoms with E-state index in [1.165, 1.54) is 0 Å². The summed E-state index contributed by atoms with van der Waals surface area (Å²) in [5, 5.41) is 10.3. The van der Waals surface area contributed by atoms with Crippen LogP contribution in [0.2, 0.25) is 5.15 Å². The lowest BCUT2D eigenvalue weighted by atomic mass is 10.00. The molecule has 5 heteroatoms. The monoisotopic (exact) mass is 253 g/mol. The predicted molar refractivity (Wildman–Crippen MR) is 66.3 cm³/mol. The zero-order valence-corrected chi connectivity index (χ0v) is 10.6. The Hall–Kier alpha value is -0.870. The van der Waals surface area contributed by atoms with E-state index in [9.17, 15) is 5.11 Å². The van der Waals surface area contributed by atoms with E-state index in [0.717, 1.165) is 31.5 Å². The van der Waals surface area contributed by atoms with Crippen molar-refractivity contribution in [2.24, 2.45) is 0 Å². The van der Waals surface area contributed by atoms with Gasteiger partial charge < -0.3 is 10.0 Å². The number of aromatic nitrogens is 2. The van der Waals surface area contributed by atoms with Crippen LogP contribution in [0.1, 0.15) is 31.5 Å². The van der Waals surface area contributed by atoms with Crippen molar-refractivity contribution in [1.29, 1.82) is 0 Å². The molecule has 4 nitrogen and oxygen atoms in total. The lowest BCUT2D eigenvalue weighted by Crippen LogP contribution is -2.45. The molecule has 17 heavy (non-hydrogen) atoms. The summed E-state index contributed by atoms with van der Waals surface area (Å²) in [6.07, 6.45) is 3.82. The van der Waals surface area contributed by atoms with Gasteiger partial charge in [0.25, 0.3) is 0 Å². The van der Waals surface area contributed by atoms with Gasteiger partial charge in [-0.2, -0.15) is 0 Å². The fourth-order valence-electron chi connectivity index (χ4n) is 3.17. The summed E-state index contributed by atoms with van der Waals surface area (Å²) in [6, 6.07) is 2.65. The van der Waals surface area contributed by atoms with Crippen molar-refractivity contribution >= 4 is 17.4 Å². The minimum Gasteiger partial charge on any atom is -0.393 e. The molecule has 3 heterocycles. The van der Waals surface area contributed by atoms with Crippen LogP contribution < -0.4 is 4.90 Å². The number of anilines is 1. The van der Waals surface area contributed by atoms with E-state index in [1.54, 1.807) is 0 Å². The van der Waals surface area contributed by atoms with Crippen molar-refractivity contribution in [2.75, 3.05) is 4.90 Å². The molecular weight excluding hydrogens is 238 g/mol. The van der Waals surface area contributed by atoms with E-state index >= 15 is 0 Å². The Kier molecular flexibility index (Phi) is 2.71. The summed E-state index contributed by atoms with van der Waals surface area (Å²) in [5.41, 5.74) is 0. The molecule has 2 saturated heterocycles. The summed E-state index contributed by atoms with van der Waals surface area (Å²) >= 11 is 5.99. The Balaban J connectivity index is 1.94. The molecule has 1 aromatic heterocycles. The molecular formula is C12H16ClN3O. The van der Waals surface area contributed by atoms with Crippen LogP contribution in [0.3, 0.4) is 0 Å². The van der Waals surface area contributed by atoms with E-state index in [-0.39, 0.29) is 6.10 Å². The second-order valence-electron chi connectivity index (χ2n) is 5.01. The molecule has 3 rings (SSSR count). The van der Waals surface area contributed by atoms with Crippen LogP contribution in [-0.4, -0.2) is 33.3 Å². The Labute approximate surface area is 106 Å². The van der Waals surface area contributed by atoms with E-state index < -0.39 is 0 Å². The molecule has 0 amide bonds. The minimum absolute atomic E-state index is 0.151. The highest BCUT2D eigenvalue weighted by atomic mass is 35.5. The van der Waals surface area contributed by atoms with Crippen molar-refractivity contribution in [1.82, 2.24) is 9.97 Å². The molecule has 1 aromatic rings. The third-order valence-corrected chi connectivity index (χ3v) is 3.96. The SMILES string of the molecule is Cc1nc(Cl)cc(N2C3CCC2CC(O)C3)n1. The number of aliphatic hydroxyl groups is 1. The first kappa shape index (κ1) is 11.2. The number of halogens is 1. The van der Waals surface area contributed by atoms with Crippen molar-refractivity contribution in [3.63, 3.8) is 0 Å². The summed E-state index contributed by atoms with van der Waals surface area (Å²) in [7, 11) is 0. The second kappa shape index (κ2) is 4.10. The molecule has 0 radical (unpaired) electrons. The van der Waals surface area contributed by atoms with Crippen LogP contribution in [0.25, 0.3) is 0 Å². The van der Waals surface area contributed by atoms with Crippen molar-refractivity contribution in [3.8, 4) is 0 Å². The fourth-order valence-corrected chi connectivity index (χ4v) is 3.39. The van der Waals surface area contributed by atoms with Crippen LogP contribution in [0.15, 0.2) is 6.07 Å². The Morgan fingerprint density at radius 1 is 1.29 bits per heavy atom. The summed E-state index contributed by atoms with van der Waals surface area (Å²) in [4.78, 5) is 10.9. The molecule has 2 unspecified atom stereocenters. The molecule has 0 aromatic carbocycles. The van der Waals surface area contributed by atoms with E-state index in [0.29, 0.717) is 23.1 Å². The van der Waals surface area contributed by atoms with Crippen LogP contribution in [0, 0.1) is 6.92 Å². The van der Waals surface area contributed by atoms with E-state index in [2.05, 4.69) is 14.9 Å². The molecule has 2 fully saturated rings. The van der Waals surface area contributed by atoms with Gasteiger partial charge in [0.1, 0.15) is 16.8 Å². The molecule has 2 bridgehead atoms. The largest absolute Gasteiger partial charge is 0.393 e. The van der Waals surface area contributed by atoms with Crippen LogP contribution >= 0.6 is 11.6 Å². The smallest absolute Gasteiger partial charge is 0.134 e. The first-order chi connectivity index (χ1) is 8.13. The highest BCUT2D eigenvalue weighted by Crippen LogP contribution is 2.38. The predicted octanol–water partition coefficient (Wildman–Crippen LogP) is 1.93. The summed E-state index contributed by atoms with van der Waals surface area (Å²) < 4.78 is 0. The van der Waals surface area contributed by atoms with Gasteiger partial charge in [-0.1, -0.05) is 11.6 Å². The Morgan fingerprint density at radius 2 is 1.94 bits per heavy atom. The maximum absolute atomic E-state index is 9.78. The maximum atomic E-state index is 9.78. The van der Waals surface area contributed by atoms with Crippen molar-refractivity contribution in [3.05, 3.63) is 17.0 Å². The molecule has 2 aliphatic heterocycles. The molecule has 1 N–H and O–H groups in total. The minimum atomic E-state index is -0.151. The standard InChI is InChI=1S/C12H16ClN3O/c1-7-14-11(13)6-12(15-7)16-8-2-3-9(16)5-10(17)4-8/h6,8-10,17H,2-5H2,1H3. The number of aryl methyl sites for hydroxylation is 1. The number of hydrogen-bond donors (Lipinski definition) is 1. The normalized spacial score (nSPS) is 31.9. The highest BCUT2D eigenvalue weighted by Gasteiger charge is 2.40. The summed E-state index contributed by atoms with van der Waals surface area (Å²) in [6.45, 7) is 1.86. The maximum Gasteiger partial charge on any atom is 0.134 e. The van der Waals surface area contributed by atoms with Gasteiger partial charge in [0.2, 0.25) is 0 Å². The van der Waals surface area contributed by atoms with Crippen LogP contribution in [0.5, 0.6) is 0 Å². The van der Waals surface area contributed by atoms with Gasteiger partial charge in [-0.25, -0.2) is 9.97 Å². The van der Waals surface area contributed by atoms with E-state index in [4.69, 9.17) is 11.6 Å². The number of fused-ring (bicyclic) bond motifs is 2. The van der Waals surface area contributed by atoms with Gasteiger partial charge in [0, 0.05) is 18.2 Å². The number of rotatable bonds is 1. The number of nitrogens with zero attached hydrogens (tertiary/aromatic N) is 3. The molecule has 92 valence electrons. The molecule has 0 saturated carbocycles. The van der Waals surface area contributed by atoms with Gasteiger partial charge >= 0.3 is 0 Å². The Morgan fingerprint density at radius 3 is 2.53 bits per heavy atom. The van der Waals surface area contributed by atoms with Gasteiger partial charge in [-0.15, -0.1) is 0 Å². The topological polar surface area (TPSA) is 49.2 Å². The zero-order valence-electron chi connectivity index (χ0n) is 9.80. The second-order valence-corrected chi connectivity index (χ2v) is 5.40. The highest BCUT2D eigenvalue weighted by molar-refractivity contribution is 6.29. The quantitative estimate of drug-likeness (QED) is 0.777. The zero-order chi connectivity index (χ0) is 12.0. The van der Waals surface area contributed by atoms with Gasteiger partial charge in [-0.3, -0.25) is 0 Å². The fraction of sp³-hybridized carbons (Fsp3) is 0.667. The average Bonchev–Trinajstić information content (AvgIpc) is 2.50. The Bertz CT molecular complexity index is 406. The molecule has 2 aliphatic rings. The lowest BCUT2D eigenvalue weighted by Gasteiger charge is -2.38. The molecule has 0 aliphatic carbocycles. The number of hydrogen-bond acceptors (Lipinski definition) is 4. The average molecular weight is 254 g/mol. The number of aliphatic hydroxyl groups excluding tert-OH is 1. The van der Waals surface area contributed by atoms with Gasteiger partial charge in [0.05, 0.1) is 6.10 Å². The lowest BCUT2D eigenvalue weighted by molar-refractivity contribution is 0.126. The third kappa shape index (κ3) is 2.00. The first-order valence-corrected chi connectivity index (χ1v) is 6.49.